The largest absolute Gasteiger partial charge is 0.496 e. The Morgan fingerprint density at radius 3 is 2.74 bits per heavy atom. The average molecular weight is 526 g/mol. The number of benzene rings is 2. The maximum Gasteiger partial charge on any atom is 0.255 e. The van der Waals surface area contributed by atoms with Gasteiger partial charge >= 0.3 is 0 Å². The number of piperidine rings is 1. The van der Waals surface area contributed by atoms with Gasteiger partial charge in [0.05, 0.1) is 24.1 Å². The molecule has 2 amide bonds. The van der Waals surface area contributed by atoms with Crippen molar-refractivity contribution in [3.05, 3.63) is 78.1 Å². The number of carbonyl (C=O) groups is 2. The standard InChI is InChI=1S/C29H31N7O3/c1-4-24(37)35-13-5-6-21(16-35)36-28-25(27(30)32-17-33-28)26(34-36)20-10-8-19(9-11-20)15-31-29(38)22-14-18(2)7-12-23(22)39-3/h4,7-12,14,17,21H,1,5-6,13,15-16H2,2-3H3,(H,31,38)(H2,30,32,33)/t21-/m1/s1. The number of nitrogens with zero attached hydrogens (tertiary/aromatic N) is 5. The summed E-state index contributed by atoms with van der Waals surface area (Å²) in [5.74, 6) is 0.588. The second-order valence-corrected chi connectivity index (χ2v) is 9.62. The van der Waals surface area contributed by atoms with Gasteiger partial charge in [-0.2, -0.15) is 5.10 Å². The third-order valence-electron chi connectivity index (χ3n) is 7.03. The molecule has 2 aromatic heterocycles. The number of amides is 2. The number of carbonyl (C=O) groups excluding carboxylic acids is 2. The minimum absolute atomic E-state index is 0.0405. The van der Waals surface area contributed by atoms with Crippen LogP contribution < -0.4 is 15.8 Å². The molecule has 1 aliphatic rings. The Kier molecular flexibility index (Phi) is 7.27. The van der Waals surface area contributed by atoms with E-state index in [9.17, 15) is 9.59 Å². The van der Waals surface area contributed by atoms with Crippen LogP contribution in [0.3, 0.4) is 0 Å². The molecule has 10 nitrogen and oxygen atoms in total. The highest BCUT2D eigenvalue weighted by molar-refractivity contribution is 5.98. The molecule has 0 aliphatic carbocycles. The molecule has 0 unspecified atom stereocenters. The quantitative estimate of drug-likeness (QED) is 0.352. The number of ether oxygens (including phenoxy) is 1. The normalized spacial score (nSPS) is 15.2. The van der Waals surface area contributed by atoms with Crippen molar-refractivity contribution in [2.45, 2.75) is 32.4 Å². The van der Waals surface area contributed by atoms with Crippen molar-refractivity contribution in [3.8, 4) is 17.0 Å². The van der Waals surface area contributed by atoms with Crippen molar-refractivity contribution >= 4 is 28.7 Å². The molecule has 0 bridgehead atoms. The number of methoxy groups -OCH3 is 1. The van der Waals surface area contributed by atoms with Gasteiger partial charge in [0.1, 0.15) is 23.6 Å². The molecular formula is C29H31N7O3. The van der Waals surface area contributed by atoms with E-state index >= 15 is 0 Å². The number of hydrogen-bond acceptors (Lipinski definition) is 7. The number of aromatic nitrogens is 4. The molecule has 1 aliphatic heterocycles. The van der Waals surface area contributed by atoms with Gasteiger partial charge in [0, 0.05) is 25.2 Å². The van der Waals surface area contributed by atoms with E-state index in [4.69, 9.17) is 15.6 Å². The number of nitrogen functional groups attached to an aromatic ring is 1. The van der Waals surface area contributed by atoms with Gasteiger partial charge in [-0.05, 0) is 43.5 Å². The lowest BCUT2D eigenvalue weighted by Gasteiger charge is -2.32. The first-order valence-electron chi connectivity index (χ1n) is 12.8. The van der Waals surface area contributed by atoms with Crippen molar-refractivity contribution < 1.29 is 14.3 Å². The van der Waals surface area contributed by atoms with Crippen molar-refractivity contribution in [2.75, 3.05) is 25.9 Å². The number of fused-ring (bicyclic) bond motifs is 1. The summed E-state index contributed by atoms with van der Waals surface area (Å²) in [6.07, 6.45) is 4.50. The van der Waals surface area contributed by atoms with Gasteiger partial charge in [0.25, 0.3) is 5.91 Å². The Morgan fingerprint density at radius 2 is 2.00 bits per heavy atom. The van der Waals surface area contributed by atoms with E-state index in [-0.39, 0.29) is 17.9 Å². The SMILES string of the molecule is C=CC(=O)N1CCC[C@@H](n2nc(-c3ccc(CNC(=O)c4cc(C)ccc4OC)cc3)c3c(N)ncnc32)C1. The van der Waals surface area contributed by atoms with Gasteiger partial charge in [-0.3, -0.25) is 9.59 Å². The first kappa shape index (κ1) is 25.9. The van der Waals surface area contributed by atoms with Crippen LogP contribution >= 0.6 is 0 Å². The summed E-state index contributed by atoms with van der Waals surface area (Å²) < 4.78 is 7.21. The summed E-state index contributed by atoms with van der Waals surface area (Å²) in [6, 6.07) is 13.2. The molecule has 3 heterocycles. The number of rotatable bonds is 7. The molecular weight excluding hydrogens is 494 g/mol. The van der Waals surface area contributed by atoms with Gasteiger partial charge in [0.15, 0.2) is 5.65 Å². The summed E-state index contributed by atoms with van der Waals surface area (Å²) in [5, 5.41) is 8.56. The highest BCUT2D eigenvalue weighted by Gasteiger charge is 2.28. The highest BCUT2D eigenvalue weighted by atomic mass is 16.5. The maximum absolute atomic E-state index is 12.8. The third kappa shape index (κ3) is 5.18. The van der Waals surface area contributed by atoms with Gasteiger partial charge in [-0.1, -0.05) is 42.5 Å². The summed E-state index contributed by atoms with van der Waals surface area (Å²) in [7, 11) is 1.55. The van der Waals surface area contributed by atoms with Gasteiger partial charge < -0.3 is 20.7 Å². The molecule has 2 aromatic carbocycles. The molecule has 200 valence electrons. The molecule has 1 atom stereocenters. The van der Waals surface area contributed by atoms with E-state index in [0.717, 1.165) is 29.5 Å². The topological polar surface area (TPSA) is 128 Å². The number of nitrogens with one attached hydrogen (secondary N) is 1. The third-order valence-corrected chi connectivity index (χ3v) is 7.03. The fourth-order valence-corrected chi connectivity index (χ4v) is 4.99. The van der Waals surface area contributed by atoms with E-state index in [1.54, 1.807) is 18.1 Å². The van der Waals surface area contributed by atoms with Gasteiger partial charge in [-0.15, -0.1) is 0 Å². The van der Waals surface area contributed by atoms with E-state index in [0.29, 0.717) is 53.5 Å². The molecule has 4 aromatic rings. The summed E-state index contributed by atoms with van der Waals surface area (Å²) in [5.41, 5.74) is 10.9. The number of aryl methyl sites for hydroxylation is 1. The summed E-state index contributed by atoms with van der Waals surface area (Å²) in [4.78, 5) is 35.5. The van der Waals surface area contributed by atoms with Crippen molar-refractivity contribution in [3.63, 3.8) is 0 Å². The monoisotopic (exact) mass is 525 g/mol. The number of hydrogen-bond donors (Lipinski definition) is 2. The maximum atomic E-state index is 12.8. The Morgan fingerprint density at radius 1 is 1.21 bits per heavy atom. The van der Waals surface area contributed by atoms with E-state index in [2.05, 4.69) is 21.9 Å². The smallest absolute Gasteiger partial charge is 0.255 e. The van der Waals surface area contributed by atoms with E-state index < -0.39 is 0 Å². The predicted octanol–water partition coefficient (Wildman–Crippen LogP) is 3.67. The van der Waals surface area contributed by atoms with Crippen LogP contribution in [0.4, 0.5) is 5.82 Å². The second-order valence-electron chi connectivity index (χ2n) is 9.62. The molecule has 39 heavy (non-hydrogen) atoms. The molecule has 3 N–H and O–H groups in total. The number of nitrogens with two attached hydrogens (primary N) is 1. The Hall–Kier alpha value is -4.73. The zero-order valence-electron chi connectivity index (χ0n) is 22.1. The van der Waals surface area contributed by atoms with Crippen LogP contribution in [0.15, 0.2) is 61.4 Å². The minimum Gasteiger partial charge on any atom is -0.496 e. The van der Waals surface area contributed by atoms with Crippen LogP contribution in [0.1, 0.15) is 40.4 Å². The highest BCUT2D eigenvalue weighted by Crippen LogP contribution is 2.34. The lowest BCUT2D eigenvalue weighted by Crippen LogP contribution is -2.40. The van der Waals surface area contributed by atoms with Crippen LogP contribution in [0.5, 0.6) is 5.75 Å². The molecule has 1 saturated heterocycles. The Labute approximate surface area is 226 Å². The second kappa shape index (κ2) is 10.9. The van der Waals surface area contributed by atoms with Crippen LogP contribution in [0.25, 0.3) is 22.3 Å². The molecule has 0 spiro atoms. The van der Waals surface area contributed by atoms with Gasteiger partial charge in [-0.25, -0.2) is 14.6 Å². The van der Waals surface area contributed by atoms with Crippen molar-refractivity contribution in [1.29, 1.82) is 0 Å². The van der Waals surface area contributed by atoms with Crippen LogP contribution in [-0.4, -0.2) is 56.7 Å². The molecule has 0 saturated carbocycles. The fraction of sp³-hybridized carbons (Fsp3) is 0.276. The lowest BCUT2D eigenvalue weighted by molar-refractivity contribution is -0.127. The van der Waals surface area contributed by atoms with Crippen molar-refractivity contribution in [2.24, 2.45) is 0 Å². The van der Waals surface area contributed by atoms with E-state index in [1.807, 2.05) is 48.0 Å². The first-order valence-corrected chi connectivity index (χ1v) is 12.8. The van der Waals surface area contributed by atoms with Crippen LogP contribution in [0, 0.1) is 6.92 Å². The average Bonchev–Trinajstić information content (AvgIpc) is 3.37. The van der Waals surface area contributed by atoms with Crippen LogP contribution in [-0.2, 0) is 11.3 Å². The summed E-state index contributed by atoms with van der Waals surface area (Å²) >= 11 is 0. The van der Waals surface area contributed by atoms with Crippen molar-refractivity contribution in [1.82, 2.24) is 30.0 Å². The van der Waals surface area contributed by atoms with Crippen LogP contribution in [0.2, 0.25) is 0 Å². The first-order chi connectivity index (χ1) is 18.9. The molecule has 0 radical (unpaired) electrons. The zero-order chi connectivity index (χ0) is 27.5. The van der Waals surface area contributed by atoms with Gasteiger partial charge in [0.2, 0.25) is 5.91 Å². The minimum atomic E-state index is -0.203. The van der Waals surface area contributed by atoms with E-state index in [1.165, 1.54) is 12.4 Å². The number of likely N-dealkylation sites (tertiary alicyclic amines) is 1. The molecule has 10 heteroatoms. The fourth-order valence-electron chi connectivity index (χ4n) is 4.99. The molecule has 5 rings (SSSR count). The zero-order valence-corrected chi connectivity index (χ0v) is 22.1. The lowest BCUT2D eigenvalue weighted by atomic mass is 10.1. The summed E-state index contributed by atoms with van der Waals surface area (Å²) in [6.45, 7) is 7.12. The number of anilines is 1. The Balaban J connectivity index is 1.39. The Bertz CT molecular complexity index is 1540. The molecule has 1 fully saturated rings. The predicted molar refractivity (Wildman–Crippen MR) is 149 cm³/mol.